The molecule has 0 atom stereocenters. The van der Waals surface area contributed by atoms with Crippen LogP contribution in [0.3, 0.4) is 0 Å². The van der Waals surface area contributed by atoms with Gasteiger partial charge in [0.2, 0.25) is 0 Å². The molecule has 1 aromatic heterocycles. The van der Waals surface area contributed by atoms with Gasteiger partial charge in [0.1, 0.15) is 12.4 Å². The summed E-state index contributed by atoms with van der Waals surface area (Å²) in [6, 6.07) is 16.4. The Bertz CT molecular complexity index is 890. The Balaban J connectivity index is 1.43. The van der Waals surface area contributed by atoms with E-state index in [-0.39, 0.29) is 12.4 Å². The number of ether oxygens (including phenoxy) is 1. The van der Waals surface area contributed by atoms with Gasteiger partial charge in [-0.15, -0.1) is 0 Å². The summed E-state index contributed by atoms with van der Waals surface area (Å²) >= 11 is 0. The Morgan fingerprint density at radius 1 is 1.19 bits per heavy atom. The zero-order chi connectivity index (χ0) is 18.9. The Hall–Kier alpha value is -3.54. The van der Waals surface area contributed by atoms with Gasteiger partial charge in [-0.05, 0) is 29.7 Å². The van der Waals surface area contributed by atoms with Crippen LogP contribution in [0.5, 0.6) is 5.75 Å². The highest BCUT2D eigenvalue weighted by molar-refractivity contribution is 5.69. The summed E-state index contributed by atoms with van der Waals surface area (Å²) in [6.45, 7) is 0.720. The highest BCUT2D eigenvalue weighted by Gasteiger charge is 2.08. The fraction of sp³-hybridized carbons (Fsp3) is 0.143. The van der Waals surface area contributed by atoms with E-state index in [1.807, 2.05) is 48.6 Å². The van der Waals surface area contributed by atoms with Crippen LogP contribution < -0.4 is 5.32 Å². The van der Waals surface area contributed by atoms with Gasteiger partial charge in [0.15, 0.2) is 5.76 Å². The predicted octanol–water partition coefficient (Wildman–Crippen LogP) is 4.38. The van der Waals surface area contributed by atoms with Crippen molar-refractivity contribution in [1.82, 2.24) is 10.5 Å². The molecule has 3 aromatic rings. The number of hydrogen-bond acceptors (Lipinski definition) is 5. The molecule has 0 fully saturated rings. The molecule has 2 aromatic carbocycles. The quantitative estimate of drug-likeness (QED) is 0.608. The number of alkyl carbamates (subject to hydrolysis) is 1. The van der Waals surface area contributed by atoms with Crippen molar-refractivity contribution in [3.63, 3.8) is 0 Å². The minimum atomic E-state index is -0.440. The number of amides is 1. The van der Waals surface area contributed by atoms with Crippen molar-refractivity contribution >= 4 is 12.2 Å². The topological polar surface area (TPSA) is 84.6 Å². The average molecular weight is 364 g/mol. The number of aromatic nitrogens is 1. The van der Waals surface area contributed by atoms with Gasteiger partial charge in [0.25, 0.3) is 0 Å². The summed E-state index contributed by atoms with van der Waals surface area (Å²) in [4.78, 5) is 11.7. The van der Waals surface area contributed by atoms with Gasteiger partial charge in [-0.1, -0.05) is 53.7 Å². The van der Waals surface area contributed by atoms with Crippen LogP contribution in [0.4, 0.5) is 4.79 Å². The standard InChI is InChI=1S/C21H20N2O4/c24-19-10-9-16(14-18(19)20-11-13-23-27-20)6-4-5-12-22-21(25)26-15-17-7-2-1-3-8-17/h1-4,6-11,13-14,24H,5,12,15H2,(H,22,25). The Morgan fingerprint density at radius 3 is 2.81 bits per heavy atom. The van der Waals surface area contributed by atoms with Gasteiger partial charge in [-0.3, -0.25) is 0 Å². The summed E-state index contributed by atoms with van der Waals surface area (Å²) in [6.07, 6.45) is 5.59. The fourth-order valence-corrected chi connectivity index (χ4v) is 2.46. The van der Waals surface area contributed by atoms with Crippen molar-refractivity contribution < 1.29 is 19.2 Å². The van der Waals surface area contributed by atoms with E-state index in [9.17, 15) is 9.90 Å². The van der Waals surface area contributed by atoms with E-state index >= 15 is 0 Å². The maximum atomic E-state index is 11.7. The zero-order valence-electron chi connectivity index (χ0n) is 14.7. The van der Waals surface area contributed by atoms with Crippen LogP contribution in [-0.2, 0) is 11.3 Å². The molecule has 138 valence electrons. The first-order chi connectivity index (χ1) is 13.2. The van der Waals surface area contributed by atoms with E-state index < -0.39 is 6.09 Å². The van der Waals surface area contributed by atoms with E-state index in [0.29, 0.717) is 24.3 Å². The molecule has 1 amide bonds. The molecule has 0 aliphatic rings. The Morgan fingerprint density at radius 2 is 2.04 bits per heavy atom. The first kappa shape index (κ1) is 18.3. The fourth-order valence-electron chi connectivity index (χ4n) is 2.46. The lowest BCUT2D eigenvalue weighted by Crippen LogP contribution is -2.24. The summed E-state index contributed by atoms with van der Waals surface area (Å²) in [5, 5.41) is 16.3. The Labute approximate surface area is 157 Å². The number of rotatable bonds is 7. The molecule has 0 spiro atoms. The van der Waals surface area contributed by atoms with Crippen LogP contribution in [0, 0.1) is 0 Å². The molecule has 6 nitrogen and oxygen atoms in total. The number of benzene rings is 2. The largest absolute Gasteiger partial charge is 0.507 e. The summed E-state index contributed by atoms with van der Waals surface area (Å²) in [5.41, 5.74) is 2.44. The molecule has 0 unspecified atom stereocenters. The lowest BCUT2D eigenvalue weighted by molar-refractivity contribution is 0.140. The molecule has 0 saturated heterocycles. The van der Waals surface area contributed by atoms with Crippen LogP contribution in [0.1, 0.15) is 17.5 Å². The smallest absolute Gasteiger partial charge is 0.407 e. The van der Waals surface area contributed by atoms with Gasteiger partial charge in [0.05, 0.1) is 11.8 Å². The number of nitrogens with zero attached hydrogens (tertiary/aromatic N) is 1. The molecule has 2 N–H and O–H groups in total. The maximum Gasteiger partial charge on any atom is 0.407 e. The molecular formula is C21H20N2O4. The number of carbonyl (C=O) groups excluding carboxylic acids is 1. The lowest BCUT2D eigenvalue weighted by Gasteiger charge is -2.06. The maximum absolute atomic E-state index is 11.7. The minimum absolute atomic E-state index is 0.131. The molecule has 3 rings (SSSR count). The van der Waals surface area contributed by atoms with Crippen molar-refractivity contribution in [2.45, 2.75) is 13.0 Å². The SMILES string of the molecule is O=C(NCCC=Cc1ccc(O)c(-c2ccno2)c1)OCc1ccccc1. The van der Waals surface area contributed by atoms with Crippen LogP contribution in [0.25, 0.3) is 17.4 Å². The summed E-state index contributed by atoms with van der Waals surface area (Å²) < 4.78 is 10.2. The van der Waals surface area contributed by atoms with Crippen molar-refractivity contribution in [2.75, 3.05) is 6.54 Å². The normalized spacial score (nSPS) is 10.8. The number of nitrogens with one attached hydrogen (secondary N) is 1. The zero-order valence-corrected chi connectivity index (χ0v) is 14.7. The highest BCUT2D eigenvalue weighted by Crippen LogP contribution is 2.30. The van der Waals surface area contributed by atoms with E-state index in [0.717, 1.165) is 11.1 Å². The molecule has 6 heteroatoms. The van der Waals surface area contributed by atoms with Crippen LogP contribution >= 0.6 is 0 Å². The van der Waals surface area contributed by atoms with Crippen LogP contribution in [0.2, 0.25) is 0 Å². The second-order valence-corrected chi connectivity index (χ2v) is 5.83. The first-order valence-corrected chi connectivity index (χ1v) is 8.57. The lowest BCUT2D eigenvalue weighted by atomic mass is 10.1. The molecule has 1 heterocycles. The molecule has 0 saturated carbocycles. The minimum Gasteiger partial charge on any atom is -0.507 e. The van der Waals surface area contributed by atoms with Crippen LogP contribution in [0.15, 0.2) is 71.4 Å². The van der Waals surface area contributed by atoms with Crippen molar-refractivity contribution in [3.8, 4) is 17.1 Å². The second-order valence-electron chi connectivity index (χ2n) is 5.83. The number of carbonyl (C=O) groups is 1. The van der Waals surface area contributed by atoms with Crippen molar-refractivity contribution in [1.29, 1.82) is 0 Å². The summed E-state index contributed by atoms with van der Waals surface area (Å²) in [7, 11) is 0. The van der Waals surface area contributed by atoms with E-state index in [4.69, 9.17) is 9.26 Å². The van der Waals surface area contributed by atoms with Gasteiger partial charge >= 0.3 is 6.09 Å². The molecule has 0 radical (unpaired) electrons. The van der Waals surface area contributed by atoms with E-state index in [1.54, 1.807) is 18.2 Å². The molecule has 0 bridgehead atoms. The van der Waals surface area contributed by atoms with E-state index in [2.05, 4.69) is 10.5 Å². The monoisotopic (exact) mass is 364 g/mol. The number of phenolic OH excluding ortho intramolecular Hbond substituents is 1. The van der Waals surface area contributed by atoms with Crippen LogP contribution in [-0.4, -0.2) is 22.9 Å². The van der Waals surface area contributed by atoms with Crippen molar-refractivity contribution in [2.24, 2.45) is 0 Å². The average Bonchev–Trinajstić information content (AvgIpc) is 3.23. The second kappa shape index (κ2) is 9.24. The highest BCUT2D eigenvalue weighted by atomic mass is 16.5. The molecule has 0 aliphatic heterocycles. The third-order valence-electron chi connectivity index (χ3n) is 3.83. The third-order valence-corrected chi connectivity index (χ3v) is 3.83. The van der Waals surface area contributed by atoms with Gasteiger partial charge in [-0.25, -0.2) is 4.79 Å². The number of hydrogen-bond donors (Lipinski definition) is 2. The molecule has 0 aliphatic carbocycles. The van der Waals surface area contributed by atoms with Gasteiger partial charge in [-0.2, -0.15) is 0 Å². The summed E-state index contributed by atoms with van der Waals surface area (Å²) in [5.74, 6) is 0.636. The first-order valence-electron chi connectivity index (χ1n) is 8.57. The predicted molar refractivity (Wildman–Crippen MR) is 102 cm³/mol. The molecule has 27 heavy (non-hydrogen) atoms. The van der Waals surface area contributed by atoms with Crippen molar-refractivity contribution in [3.05, 3.63) is 78.0 Å². The van der Waals surface area contributed by atoms with Gasteiger partial charge < -0.3 is 19.7 Å². The van der Waals surface area contributed by atoms with Gasteiger partial charge in [0, 0.05) is 12.6 Å². The number of aromatic hydroxyl groups is 1. The Kier molecular flexibility index (Phi) is 6.25. The third kappa shape index (κ3) is 5.47. The van der Waals surface area contributed by atoms with E-state index in [1.165, 1.54) is 6.20 Å². The number of phenols is 1. The molecular weight excluding hydrogens is 344 g/mol.